The Labute approximate surface area is 162 Å². The van der Waals surface area contributed by atoms with Crippen LogP contribution in [0.2, 0.25) is 0 Å². The van der Waals surface area contributed by atoms with Gasteiger partial charge in [-0.25, -0.2) is 14.4 Å². The van der Waals surface area contributed by atoms with Crippen LogP contribution in [0.25, 0.3) is 0 Å². The van der Waals surface area contributed by atoms with Crippen molar-refractivity contribution in [2.45, 2.75) is 91.4 Å². The normalized spacial score (nSPS) is 12.7. The van der Waals surface area contributed by atoms with Crippen LogP contribution in [0, 0.1) is 0 Å². The van der Waals surface area contributed by atoms with Crippen molar-refractivity contribution in [3.8, 4) is 0 Å². The number of ether oxygens (including phenoxy) is 3. The molecule has 27 heavy (non-hydrogen) atoms. The SMILES string of the molecule is CCCOC(=O)NCCCCC(NC(=O)OC(C)(C)C)C(=O)OC(C)(C)C. The molecule has 0 bridgehead atoms. The first-order chi connectivity index (χ1) is 12.3. The molecule has 0 saturated carbocycles. The van der Waals surface area contributed by atoms with Crippen LogP contribution in [0.15, 0.2) is 0 Å². The van der Waals surface area contributed by atoms with Gasteiger partial charge in [-0.1, -0.05) is 6.92 Å². The Bertz CT molecular complexity index is 480. The van der Waals surface area contributed by atoms with Crippen LogP contribution in [0.5, 0.6) is 0 Å². The van der Waals surface area contributed by atoms with E-state index < -0.39 is 35.4 Å². The zero-order chi connectivity index (χ0) is 21.1. The maximum absolute atomic E-state index is 12.4. The highest BCUT2D eigenvalue weighted by molar-refractivity contribution is 5.81. The van der Waals surface area contributed by atoms with E-state index in [1.165, 1.54) is 0 Å². The van der Waals surface area contributed by atoms with Gasteiger partial charge in [-0.2, -0.15) is 0 Å². The zero-order valence-electron chi connectivity index (χ0n) is 17.8. The molecule has 0 aromatic carbocycles. The summed E-state index contributed by atoms with van der Waals surface area (Å²) in [6, 6.07) is -0.814. The molecule has 0 saturated heterocycles. The van der Waals surface area contributed by atoms with E-state index in [4.69, 9.17) is 14.2 Å². The van der Waals surface area contributed by atoms with E-state index in [0.29, 0.717) is 32.4 Å². The highest BCUT2D eigenvalue weighted by Gasteiger charge is 2.28. The van der Waals surface area contributed by atoms with Crippen LogP contribution in [0.4, 0.5) is 9.59 Å². The maximum atomic E-state index is 12.4. The van der Waals surface area contributed by atoms with Gasteiger partial charge in [0.25, 0.3) is 0 Å². The third-order valence-corrected chi connectivity index (χ3v) is 3.01. The molecule has 2 amide bonds. The summed E-state index contributed by atoms with van der Waals surface area (Å²) < 4.78 is 15.5. The van der Waals surface area contributed by atoms with E-state index in [-0.39, 0.29) is 0 Å². The lowest BCUT2D eigenvalue weighted by molar-refractivity contribution is -0.157. The summed E-state index contributed by atoms with van der Waals surface area (Å²) in [5.74, 6) is -0.510. The minimum Gasteiger partial charge on any atom is -0.458 e. The van der Waals surface area contributed by atoms with Gasteiger partial charge in [-0.3, -0.25) is 0 Å². The molecule has 0 aromatic heterocycles. The second-order valence-corrected chi connectivity index (χ2v) is 8.29. The van der Waals surface area contributed by atoms with Crippen molar-refractivity contribution in [2.24, 2.45) is 0 Å². The molecule has 0 aliphatic carbocycles. The van der Waals surface area contributed by atoms with E-state index in [2.05, 4.69) is 10.6 Å². The summed E-state index contributed by atoms with van der Waals surface area (Å²) in [4.78, 5) is 35.7. The minimum absolute atomic E-state index is 0.375. The molecule has 0 fully saturated rings. The van der Waals surface area contributed by atoms with Crippen molar-refractivity contribution >= 4 is 18.2 Å². The topological polar surface area (TPSA) is 103 Å². The van der Waals surface area contributed by atoms with E-state index >= 15 is 0 Å². The van der Waals surface area contributed by atoms with Gasteiger partial charge >= 0.3 is 18.2 Å². The quantitative estimate of drug-likeness (QED) is 0.356. The van der Waals surface area contributed by atoms with Gasteiger partial charge in [0.05, 0.1) is 6.61 Å². The summed E-state index contributed by atoms with van der Waals surface area (Å²) in [5, 5.41) is 5.22. The fourth-order valence-electron chi connectivity index (χ4n) is 1.98. The second-order valence-electron chi connectivity index (χ2n) is 8.29. The zero-order valence-corrected chi connectivity index (χ0v) is 17.8. The molecule has 158 valence electrons. The Balaban J connectivity index is 4.52. The number of esters is 1. The first kappa shape index (κ1) is 25.0. The van der Waals surface area contributed by atoms with Crippen molar-refractivity contribution in [1.82, 2.24) is 10.6 Å². The number of nitrogens with one attached hydrogen (secondary N) is 2. The average Bonchev–Trinajstić information content (AvgIpc) is 2.47. The van der Waals surface area contributed by atoms with Crippen molar-refractivity contribution in [3.63, 3.8) is 0 Å². The van der Waals surface area contributed by atoms with Crippen LogP contribution in [-0.2, 0) is 19.0 Å². The fraction of sp³-hybridized carbons (Fsp3) is 0.842. The molecule has 0 radical (unpaired) electrons. The molecule has 1 unspecified atom stereocenters. The average molecular weight is 389 g/mol. The number of rotatable bonds is 9. The third-order valence-electron chi connectivity index (χ3n) is 3.01. The van der Waals surface area contributed by atoms with E-state index in [1.54, 1.807) is 41.5 Å². The Morgan fingerprint density at radius 1 is 0.889 bits per heavy atom. The number of unbranched alkanes of at least 4 members (excludes halogenated alkanes) is 1. The Morgan fingerprint density at radius 2 is 1.48 bits per heavy atom. The van der Waals surface area contributed by atoms with Gasteiger partial charge in [0, 0.05) is 6.54 Å². The van der Waals surface area contributed by atoms with Crippen molar-refractivity contribution in [3.05, 3.63) is 0 Å². The van der Waals surface area contributed by atoms with E-state index in [1.807, 2.05) is 6.92 Å². The molecule has 8 nitrogen and oxygen atoms in total. The van der Waals surface area contributed by atoms with Crippen molar-refractivity contribution < 1.29 is 28.6 Å². The molecule has 0 aliphatic rings. The van der Waals surface area contributed by atoms with Gasteiger partial charge in [0.15, 0.2) is 0 Å². The summed E-state index contributed by atoms with van der Waals surface area (Å²) in [6.07, 6.45) is 1.26. The molecule has 2 N–H and O–H groups in total. The number of hydrogen-bond acceptors (Lipinski definition) is 6. The fourth-order valence-corrected chi connectivity index (χ4v) is 1.98. The lowest BCUT2D eigenvalue weighted by atomic mass is 10.1. The molecule has 8 heteroatoms. The number of carbonyl (C=O) groups excluding carboxylic acids is 3. The highest BCUT2D eigenvalue weighted by Crippen LogP contribution is 2.13. The van der Waals surface area contributed by atoms with Gasteiger partial charge in [0.1, 0.15) is 17.2 Å². The van der Waals surface area contributed by atoms with Crippen LogP contribution >= 0.6 is 0 Å². The molecule has 0 heterocycles. The van der Waals surface area contributed by atoms with E-state index in [9.17, 15) is 14.4 Å². The molecular formula is C19H36N2O6. The first-order valence-corrected chi connectivity index (χ1v) is 9.47. The Hall–Kier alpha value is -1.99. The van der Waals surface area contributed by atoms with Crippen LogP contribution in [0.3, 0.4) is 0 Å². The number of alkyl carbamates (subject to hydrolysis) is 2. The van der Waals surface area contributed by atoms with Crippen LogP contribution in [-0.4, -0.2) is 48.6 Å². The Kier molecular flexibility index (Phi) is 10.8. The van der Waals surface area contributed by atoms with Crippen molar-refractivity contribution in [2.75, 3.05) is 13.2 Å². The molecular weight excluding hydrogens is 352 g/mol. The largest absolute Gasteiger partial charge is 0.458 e. The molecule has 0 aromatic rings. The second kappa shape index (κ2) is 11.7. The summed E-state index contributed by atoms with van der Waals surface area (Å²) >= 11 is 0. The highest BCUT2D eigenvalue weighted by atomic mass is 16.6. The monoisotopic (exact) mass is 388 g/mol. The summed E-state index contributed by atoms with van der Waals surface area (Å²) in [7, 11) is 0. The smallest absolute Gasteiger partial charge is 0.408 e. The minimum atomic E-state index is -0.814. The third kappa shape index (κ3) is 14.8. The standard InChI is InChI=1S/C19H36N2O6/c1-8-13-25-16(23)20-12-10-9-11-14(15(22)26-18(2,3)4)21-17(24)27-19(5,6)7/h14H,8-13H2,1-7H3,(H,20,23)(H,21,24). The molecule has 0 rings (SSSR count). The van der Waals surface area contributed by atoms with Gasteiger partial charge in [-0.15, -0.1) is 0 Å². The summed E-state index contributed by atoms with van der Waals surface area (Å²) in [5.41, 5.74) is -1.32. The lowest BCUT2D eigenvalue weighted by Crippen LogP contribution is -2.46. The molecule has 0 aliphatic heterocycles. The van der Waals surface area contributed by atoms with Gasteiger partial charge in [0.2, 0.25) is 0 Å². The Morgan fingerprint density at radius 3 is 2.00 bits per heavy atom. The number of amides is 2. The van der Waals surface area contributed by atoms with Crippen molar-refractivity contribution in [1.29, 1.82) is 0 Å². The molecule has 0 spiro atoms. The predicted octanol–water partition coefficient (Wildman–Crippen LogP) is 3.53. The number of hydrogen-bond donors (Lipinski definition) is 2. The first-order valence-electron chi connectivity index (χ1n) is 9.47. The van der Waals surface area contributed by atoms with Crippen LogP contribution in [0.1, 0.15) is 74.1 Å². The number of carbonyl (C=O) groups is 3. The lowest BCUT2D eigenvalue weighted by Gasteiger charge is -2.26. The van der Waals surface area contributed by atoms with E-state index in [0.717, 1.165) is 6.42 Å². The van der Waals surface area contributed by atoms with Crippen LogP contribution < -0.4 is 10.6 Å². The molecule has 1 atom stereocenters. The predicted molar refractivity (Wildman–Crippen MR) is 102 cm³/mol. The maximum Gasteiger partial charge on any atom is 0.408 e. The summed E-state index contributed by atoms with van der Waals surface area (Å²) in [6.45, 7) is 13.3. The van der Waals surface area contributed by atoms with Gasteiger partial charge < -0.3 is 24.8 Å². The van der Waals surface area contributed by atoms with Gasteiger partial charge in [-0.05, 0) is 67.2 Å².